The Hall–Kier alpha value is -2.50. The van der Waals surface area contributed by atoms with Crippen LogP contribution in [0, 0.1) is 0 Å². The van der Waals surface area contributed by atoms with Gasteiger partial charge in [0.2, 0.25) is 0 Å². The number of carbonyl (C=O) groups is 1. The molecule has 1 N–H and O–H groups in total. The molecule has 24 heavy (non-hydrogen) atoms. The molecule has 1 aliphatic rings. The van der Waals surface area contributed by atoms with E-state index in [2.05, 4.69) is 10.5 Å². The van der Waals surface area contributed by atoms with E-state index in [1.807, 2.05) is 31.2 Å². The van der Waals surface area contributed by atoms with Gasteiger partial charge in [0, 0.05) is 24.9 Å². The molecule has 1 aromatic carbocycles. The maximum absolute atomic E-state index is 12.4. The summed E-state index contributed by atoms with van der Waals surface area (Å²) in [4.78, 5) is 14.0. The molecule has 1 fully saturated rings. The number of rotatable bonds is 5. The normalized spacial score (nSPS) is 15.9. The Morgan fingerprint density at radius 3 is 2.88 bits per heavy atom. The third-order valence-electron chi connectivity index (χ3n) is 4.48. The van der Waals surface area contributed by atoms with Crippen molar-refractivity contribution in [2.75, 3.05) is 12.4 Å². The van der Waals surface area contributed by atoms with Gasteiger partial charge in [0.1, 0.15) is 17.7 Å². The molecule has 128 valence electrons. The topological polar surface area (TPSA) is 67.6 Å². The van der Waals surface area contributed by atoms with E-state index in [0.29, 0.717) is 11.8 Å². The summed E-state index contributed by atoms with van der Waals surface area (Å²) in [6, 6.07) is 8.91. The number of amides is 2. The van der Waals surface area contributed by atoms with Gasteiger partial charge in [-0.1, -0.05) is 11.2 Å². The van der Waals surface area contributed by atoms with Crippen LogP contribution in [0.15, 0.2) is 41.1 Å². The van der Waals surface area contributed by atoms with E-state index < -0.39 is 0 Å². The second-order valence-electron chi connectivity index (χ2n) is 6.19. The van der Waals surface area contributed by atoms with E-state index >= 15 is 0 Å². The molecular weight excluding hydrogens is 306 g/mol. The zero-order valence-electron chi connectivity index (χ0n) is 14.1. The molecule has 0 bridgehead atoms. The highest BCUT2D eigenvalue weighted by molar-refractivity contribution is 5.89. The number of nitrogens with zero attached hydrogens (tertiary/aromatic N) is 2. The van der Waals surface area contributed by atoms with Crippen LogP contribution in [0.3, 0.4) is 0 Å². The average molecular weight is 329 g/mol. The first-order valence-corrected chi connectivity index (χ1v) is 8.34. The predicted octanol–water partition coefficient (Wildman–Crippen LogP) is 4.22. The monoisotopic (exact) mass is 329 g/mol. The summed E-state index contributed by atoms with van der Waals surface area (Å²) >= 11 is 0. The minimum absolute atomic E-state index is 0.179. The maximum atomic E-state index is 12.4. The standard InChI is InChI=1S/C18H23N3O3/c1-13(17-10-11-23-20-17)21(2)18(22)19-14-6-5-9-16(12-14)24-15-7-3-4-8-15/h5-6,9-13,15H,3-4,7-8H2,1-2H3,(H,19,22)/t13-/m0/s1. The summed E-state index contributed by atoms with van der Waals surface area (Å²) in [7, 11) is 1.73. The molecule has 0 saturated heterocycles. The molecule has 1 heterocycles. The highest BCUT2D eigenvalue weighted by atomic mass is 16.5. The smallest absolute Gasteiger partial charge is 0.322 e. The molecule has 6 heteroatoms. The van der Waals surface area contributed by atoms with E-state index in [1.54, 1.807) is 18.0 Å². The summed E-state index contributed by atoms with van der Waals surface area (Å²) in [6.45, 7) is 1.90. The van der Waals surface area contributed by atoms with Crippen LogP contribution in [0.5, 0.6) is 5.75 Å². The van der Waals surface area contributed by atoms with Gasteiger partial charge in [-0.3, -0.25) is 0 Å². The SMILES string of the molecule is C[C@@H](c1ccon1)N(C)C(=O)Nc1cccc(OC2CCCC2)c1. The van der Waals surface area contributed by atoms with Gasteiger partial charge in [0.05, 0.1) is 12.1 Å². The number of benzene rings is 1. The lowest BCUT2D eigenvalue weighted by molar-refractivity contribution is 0.205. The number of ether oxygens (including phenoxy) is 1. The van der Waals surface area contributed by atoms with E-state index in [0.717, 1.165) is 24.3 Å². The fourth-order valence-corrected chi connectivity index (χ4v) is 2.87. The largest absolute Gasteiger partial charge is 0.490 e. The number of urea groups is 1. The van der Waals surface area contributed by atoms with Gasteiger partial charge in [-0.2, -0.15) is 0 Å². The number of carbonyl (C=O) groups excluding carboxylic acids is 1. The van der Waals surface area contributed by atoms with Crippen molar-refractivity contribution in [2.45, 2.75) is 44.8 Å². The van der Waals surface area contributed by atoms with Crippen molar-refractivity contribution in [3.8, 4) is 5.75 Å². The lowest BCUT2D eigenvalue weighted by Gasteiger charge is -2.23. The van der Waals surface area contributed by atoms with Crippen molar-refractivity contribution < 1.29 is 14.1 Å². The van der Waals surface area contributed by atoms with E-state index in [1.165, 1.54) is 19.1 Å². The van der Waals surface area contributed by atoms with Gasteiger partial charge < -0.3 is 19.5 Å². The Bertz CT molecular complexity index is 666. The van der Waals surface area contributed by atoms with Crippen molar-refractivity contribution in [2.24, 2.45) is 0 Å². The lowest BCUT2D eigenvalue weighted by atomic mass is 10.2. The van der Waals surface area contributed by atoms with Gasteiger partial charge in [0.25, 0.3) is 0 Å². The van der Waals surface area contributed by atoms with E-state index in [9.17, 15) is 4.79 Å². The number of nitrogens with one attached hydrogen (secondary N) is 1. The quantitative estimate of drug-likeness (QED) is 0.892. The second kappa shape index (κ2) is 7.38. The molecule has 3 rings (SSSR count). The Morgan fingerprint density at radius 1 is 1.38 bits per heavy atom. The van der Waals surface area contributed by atoms with E-state index in [-0.39, 0.29) is 12.1 Å². The molecule has 6 nitrogen and oxygen atoms in total. The van der Waals surface area contributed by atoms with Crippen LogP contribution < -0.4 is 10.1 Å². The zero-order chi connectivity index (χ0) is 16.9. The summed E-state index contributed by atoms with van der Waals surface area (Å²) in [5.41, 5.74) is 1.43. The van der Waals surface area contributed by atoms with Crippen LogP contribution >= 0.6 is 0 Å². The summed E-state index contributed by atoms with van der Waals surface area (Å²) in [6.07, 6.45) is 6.47. The van der Waals surface area contributed by atoms with Crippen molar-refractivity contribution in [1.82, 2.24) is 10.1 Å². The second-order valence-corrected chi connectivity index (χ2v) is 6.19. The highest BCUT2D eigenvalue weighted by Crippen LogP contribution is 2.26. The Morgan fingerprint density at radius 2 is 2.17 bits per heavy atom. The molecule has 2 aromatic rings. The van der Waals surface area contributed by atoms with Gasteiger partial charge in [0.15, 0.2) is 0 Å². The van der Waals surface area contributed by atoms with E-state index in [4.69, 9.17) is 9.26 Å². The third kappa shape index (κ3) is 3.88. The molecule has 0 radical (unpaired) electrons. The lowest BCUT2D eigenvalue weighted by Crippen LogP contribution is -2.33. The predicted molar refractivity (Wildman–Crippen MR) is 91.0 cm³/mol. The molecule has 2 amide bonds. The van der Waals surface area contributed by atoms with Gasteiger partial charge >= 0.3 is 6.03 Å². The number of anilines is 1. The first kappa shape index (κ1) is 16.4. The minimum Gasteiger partial charge on any atom is -0.490 e. The van der Waals surface area contributed by atoms with Crippen LogP contribution in [0.25, 0.3) is 0 Å². The fourth-order valence-electron chi connectivity index (χ4n) is 2.87. The van der Waals surface area contributed by atoms with Crippen molar-refractivity contribution in [3.63, 3.8) is 0 Å². The van der Waals surface area contributed by atoms with Crippen LogP contribution in [0.1, 0.15) is 44.3 Å². The zero-order valence-corrected chi connectivity index (χ0v) is 14.1. The Labute approximate surface area is 141 Å². The molecule has 1 aliphatic carbocycles. The van der Waals surface area contributed by atoms with Crippen LogP contribution in [-0.4, -0.2) is 29.2 Å². The van der Waals surface area contributed by atoms with Crippen LogP contribution in [0.4, 0.5) is 10.5 Å². The Balaban J connectivity index is 1.61. The average Bonchev–Trinajstić information content (AvgIpc) is 3.27. The van der Waals surface area contributed by atoms with Gasteiger partial charge in [-0.25, -0.2) is 4.79 Å². The minimum atomic E-state index is -0.205. The van der Waals surface area contributed by atoms with Crippen molar-refractivity contribution in [1.29, 1.82) is 0 Å². The number of hydrogen-bond donors (Lipinski definition) is 1. The Kier molecular flexibility index (Phi) is 5.03. The summed E-state index contributed by atoms with van der Waals surface area (Å²) < 4.78 is 10.8. The molecule has 0 unspecified atom stereocenters. The number of aromatic nitrogens is 1. The highest BCUT2D eigenvalue weighted by Gasteiger charge is 2.20. The third-order valence-corrected chi connectivity index (χ3v) is 4.48. The fraction of sp³-hybridized carbons (Fsp3) is 0.444. The molecule has 1 aromatic heterocycles. The first-order valence-electron chi connectivity index (χ1n) is 8.34. The van der Waals surface area contributed by atoms with Gasteiger partial charge in [-0.05, 0) is 44.7 Å². The molecule has 0 spiro atoms. The molecule has 1 atom stereocenters. The summed E-state index contributed by atoms with van der Waals surface area (Å²) in [5, 5.41) is 6.78. The van der Waals surface area contributed by atoms with Crippen LogP contribution in [-0.2, 0) is 0 Å². The van der Waals surface area contributed by atoms with Crippen LogP contribution in [0.2, 0.25) is 0 Å². The number of hydrogen-bond acceptors (Lipinski definition) is 4. The van der Waals surface area contributed by atoms with Crippen molar-refractivity contribution in [3.05, 3.63) is 42.3 Å². The first-order chi connectivity index (χ1) is 11.6. The van der Waals surface area contributed by atoms with Gasteiger partial charge in [-0.15, -0.1) is 0 Å². The maximum Gasteiger partial charge on any atom is 0.322 e. The summed E-state index contributed by atoms with van der Waals surface area (Å²) in [5.74, 6) is 0.798. The molecule has 1 saturated carbocycles. The molecular formula is C18H23N3O3. The molecule has 0 aliphatic heterocycles. The van der Waals surface area contributed by atoms with Crippen molar-refractivity contribution >= 4 is 11.7 Å².